The Kier molecular flexibility index (Phi) is 7.20. The van der Waals surface area contributed by atoms with Gasteiger partial charge in [0.2, 0.25) is 0 Å². The average molecular weight is 744 g/mol. The number of hydrogen-bond acceptors (Lipinski definition) is 4. The third-order valence-electron chi connectivity index (χ3n) is 11.5. The van der Waals surface area contributed by atoms with Crippen LogP contribution in [0.2, 0.25) is 0 Å². The number of para-hydroxylation sites is 6. The summed E-state index contributed by atoms with van der Waals surface area (Å²) < 4.78 is 19.4. The molecular weight excluding hydrogens is 711 g/mol. The number of anilines is 3. The van der Waals surface area contributed by atoms with Gasteiger partial charge in [0.15, 0.2) is 0 Å². The van der Waals surface area contributed by atoms with Crippen molar-refractivity contribution >= 4 is 82.9 Å². The van der Waals surface area contributed by atoms with Crippen molar-refractivity contribution in [3.63, 3.8) is 0 Å². The van der Waals surface area contributed by atoms with E-state index < -0.39 is 0 Å². The van der Waals surface area contributed by atoms with Gasteiger partial charge in [0.1, 0.15) is 33.5 Å². The smallest absolute Gasteiger partial charge is 0.143 e. The summed E-state index contributed by atoms with van der Waals surface area (Å²) in [5.74, 6) is 0. The standard InChI is InChI=1S/C54H33NO3/c1-4-25-49-43(16-1)46-22-9-19-40(52(46)56-49)34-28-30-37(31-29-34)55(38-14-7-12-35(32-38)41-20-10-23-47-44-17-2-5-26-50(44)57-53(41)47)39-15-8-13-36(33-39)42-21-11-24-48-45-18-3-6-27-51(45)58-54(42)48/h1-33H. The second-order valence-electron chi connectivity index (χ2n) is 14.8. The lowest BCUT2D eigenvalue weighted by Gasteiger charge is -2.27. The van der Waals surface area contributed by atoms with E-state index in [0.717, 1.165) is 116 Å². The maximum Gasteiger partial charge on any atom is 0.143 e. The second kappa shape index (κ2) is 12.9. The first kappa shape index (κ1) is 32.4. The minimum atomic E-state index is 0.887. The first-order valence-electron chi connectivity index (χ1n) is 19.6. The summed E-state index contributed by atoms with van der Waals surface area (Å²) in [4.78, 5) is 2.33. The zero-order valence-electron chi connectivity index (χ0n) is 31.2. The van der Waals surface area contributed by atoms with Gasteiger partial charge in [-0.15, -0.1) is 0 Å². The summed E-state index contributed by atoms with van der Waals surface area (Å²) in [6.07, 6.45) is 0. The Balaban J connectivity index is 1.02. The van der Waals surface area contributed by atoms with Crippen molar-refractivity contribution in [1.29, 1.82) is 0 Å². The number of fused-ring (bicyclic) bond motifs is 9. The molecule has 4 nitrogen and oxygen atoms in total. The number of hydrogen-bond donors (Lipinski definition) is 0. The van der Waals surface area contributed by atoms with E-state index >= 15 is 0 Å². The lowest BCUT2D eigenvalue weighted by molar-refractivity contribution is 0.669. The predicted molar refractivity (Wildman–Crippen MR) is 239 cm³/mol. The predicted octanol–water partition coefficient (Wildman–Crippen LogP) is 15.9. The van der Waals surface area contributed by atoms with Gasteiger partial charge in [-0.05, 0) is 71.3 Å². The van der Waals surface area contributed by atoms with Crippen LogP contribution < -0.4 is 4.90 Å². The molecule has 12 aromatic rings. The number of rotatable bonds is 6. The van der Waals surface area contributed by atoms with E-state index in [-0.39, 0.29) is 0 Å². The van der Waals surface area contributed by atoms with Crippen LogP contribution in [0.5, 0.6) is 0 Å². The first-order valence-corrected chi connectivity index (χ1v) is 19.6. The largest absolute Gasteiger partial charge is 0.455 e. The molecule has 0 aliphatic carbocycles. The molecule has 3 aromatic heterocycles. The summed E-state index contributed by atoms with van der Waals surface area (Å²) in [6, 6.07) is 70.2. The fraction of sp³-hybridized carbons (Fsp3) is 0. The summed E-state index contributed by atoms with van der Waals surface area (Å²) in [5.41, 5.74) is 14.8. The van der Waals surface area contributed by atoms with Crippen LogP contribution in [0.4, 0.5) is 17.1 Å². The molecule has 0 aliphatic heterocycles. The molecule has 0 spiro atoms. The van der Waals surface area contributed by atoms with Gasteiger partial charge in [-0.25, -0.2) is 0 Å². The van der Waals surface area contributed by atoms with Crippen LogP contribution in [-0.4, -0.2) is 0 Å². The third kappa shape index (κ3) is 5.09. The van der Waals surface area contributed by atoms with Crippen LogP contribution in [-0.2, 0) is 0 Å². The van der Waals surface area contributed by atoms with Crippen LogP contribution in [0, 0.1) is 0 Å². The van der Waals surface area contributed by atoms with Crippen LogP contribution in [0.1, 0.15) is 0 Å². The summed E-state index contributed by atoms with van der Waals surface area (Å²) >= 11 is 0. The molecule has 3 heterocycles. The average Bonchev–Trinajstić information content (AvgIpc) is 3.99. The molecule has 0 saturated heterocycles. The van der Waals surface area contributed by atoms with Crippen molar-refractivity contribution in [2.45, 2.75) is 0 Å². The number of nitrogens with zero attached hydrogens (tertiary/aromatic N) is 1. The lowest BCUT2D eigenvalue weighted by Crippen LogP contribution is -2.10. The second-order valence-corrected chi connectivity index (χ2v) is 14.8. The van der Waals surface area contributed by atoms with E-state index in [1.807, 2.05) is 36.4 Å². The third-order valence-corrected chi connectivity index (χ3v) is 11.5. The minimum Gasteiger partial charge on any atom is -0.455 e. The Hall–Kier alpha value is -7.82. The Morgan fingerprint density at radius 1 is 0.259 bits per heavy atom. The van der Waals surface area contributed by atoms with Gasteiger partial charge in [0, 0.05) is 66.1 Å². The fourth-order valence-electron chi connectivity index (χ4n) is 8.79. The zero-order valence-corrected chi connectivity index (χ0v) is 31.2. The highest BCUT2D eigenvalue weighted by molar-refractivity contribution is 6.12. The van der Waals surface area contributed by atoms with E-state index in [2.05, 4.69) is 169 Å². The summed E-state index contributed by atoms with van der Waals surface area (Å²) in [6.45, 7) is 0. The van der Waals surface area contributed by atoms with Crippen LogP contribution in [0.3, 0.4) is 0 Å². The number of benzene rings is 9. The minimum absolute atomic E-state index is 0.887. The normalized spacial score (nSPS) is 11.8. The van der Waals surface area contributed by atoms with E-state index in [1.54, 1.807) is 0 Å². The lowest BCUT2D eigenvalue weighted by atomic mass is 9.99. The Labute approximate surface area is 333 Å². The van der Waals surface area contributed by atoms with Crippen molar-refractivity contribution in [3.05, 3.63) is 200 Å². The molecule has 0 amide bonds. The van der Waals surface area contributed by atoms with Gasteiger partial charge in [-0.3, -0.25) is 0 Å². The Morgan fingerprint density at radius 3 is 1.05 bits per heavy atom. The Morgan fingerprint density at radius 2 is 0.621 bits per heavy atom. The van der Waals surface area contributed by atoms with Gasteiger partial charge in [-0.2, -0.15) is 0 Å². The molecule has 0 N–H and O–H groups in total. The van der Waals surface area contributed by atoms with E-state index in [0.29, 0.717) is 0 Å². The monoisotopic (exact) mass is 743 g/mol. The maximum absolute atomic E-state index is 6.50. The summed E-state index contributed by atoms with van der Waals surface area (Å²) in [5, 5.41) is 6.69. The first-order chi connectivity index (χ1) is 28.7. The van der Waals surface area contributed by atoms with Crippen molar-refractivity contribution in [2.75, 3.05) is 4.90 Å². The molecule has 12 rings (SSSR count). The molecular formula is C54H33NO3. The van der Waals surface area contributed by atoms with E-state index in [4.69, 9.17) is 13.3 Å². The molecule has 0 radical (unpaired) electrons. The Bertz CT molecular complexity index is 3370. The molecule has 272 valence electrons. The van der Waals surface area contributed by atoms with E-state index in [9.17, 15) is 0 Å². The molecule has 0 atom stereocenters. The van der Waals surface area contributed by atoms with Gasteiger partial charge >= 0.3 is 0 Å². The van der Waals surface area contributed by atoms with Crippen molar-refractivity contribution < 1.29 is 13.3 Å². The molecule has 58 heavy (non-hydrogen) atoms. The highest BCUT2D eigenvalue weighted by atomic mass is 16.3. The van der Waals surface area contributed by atoms with Crippen LogP contribution in [0.15, 0.2) is 213 Å². The van der Waals surface area contributed by atoms with Crippen molar-refractivity contribution in [3.8, 4) is 33.4 Å². The summed E-state index contributed by atoms with van der Waals surface area (Å²) in [7, 11) is 0. The van der Waals surface area contributed by atoms with Gasteiger partial charge < -0.3 is 18.2 Å². The quantitative estimate of drug-likeness (QED) is 0.170. The van der Waals surface area contributed by atoms with Crippen LogP contribution >= 0.6 is 0 Å². The fourth-order valence-corrected chi connectivity index (χ4v) is 8.79. The maximum atomic E-state index is 6.50. The van der Waals surface area contributed by atoms with Crippen LogP contribution in [0.25, 0.3) is 99.2 Å². The van der Waals surface area contributed by atoms with Gasteiger partial charge in [0.05, 0.1) is 0 Å². The molecule has 0 unspecified atom stereocenters. The van der Waals surface area contributed by atoms with Crippen molar-refractivity contribution in [1.82, 2.24) is 0 Å². The van der Waals surface area contributed by atoms with E-state index in [1.165, 1.54) is 0 Å². The molecule has 9 aromatic carbocycles. The molecule has 4 heteroatoms. The molecule has 0 aliphatic rings. The molecule has 0 saturated carbocycles. The number of furan rings is 3. The van der Waals surface area contributed by atoms with Gasteiger partial charge in [0.25, 0.3) is 0 Å². The molecule has 0 fully saturated rings. The highest BCUT2D eigenvalue weighted by Gasteiger charge is 2.19. The zero-order chi connectivity index (χ0) is 38.2. The topological polar surface area (TPSA) is 42.7 Å². The highest BCUT2D eigenvalue weighted by Crippen LogP contribution is 2.43. The SMILES string of the molecule is c1cc(-c2cccc3c2oc2ccccc23)cc(N(c2ccc(-c3cccc4c3oc3ccccc34)cc2)c2cccc(-c3cccc4c3oc3ccccc34)c2)c1. The van der Waals surface area contributed by atoms with Gasteiger partial charge in [-0.1, -0.05) is 146 Å². The van der Waals surface area contributed by atoms with Crippen molar-refractivity contribution in [2.24, 2.45) is 0 Å². The molecule has 0 bridgehead atoms.